The van der Waals surface area contributed by atoms with Crippen LogP contribution in [0.15, 0.2) is 33.8 Å². The predicted octanol–water partition coefficient (Wildman–Crippen LogP) is 3.49. The van der Waals surface area contributed by atoms with E-state index in [2.05, 4.69) is 20.8 Å². The second-order valence-electron chi connectivity index (χ2n) is 6.67. The fraction of sp³-hybridized carbons (Fsp3) is 0.474. The molecule has 0 amide bonds. The highest BCUT2D eigenvalue weighted by molar-refractivity contribution is 14.0. The molecule has 0 saturated heterocycles. The Morgan fingerprint density at radius 1 is 1.27 bits per heavy atom. The van der Waals surface area contributed by atoms with Crippen LogP contribution in [0.25, 0.3) is 0 Å². The minimum absolute atomic E-state index is 0. The molecule has 2 aromatic rings. The van der Waals surface area contributed by atoms with Gasteiger partial charge in [0.05, 0.1) is 5.69 Å². The molecule has 3 rings (SSSR count). The zero-order chi connectivity index (χ0) is 17.9. The van der Waals surface area contributed by atoms with Crippen molar-refractivity contribution in [2.75, 3.05) is 20.1 Å². The summed E-state index contributed by atoms with van der Waals surface area (Å²) < 4.78 is 19.3. The number of aliphatic imine (C=N–C) groups is 1. The molecule has 5 nitrogen and oxygen atoms in total. The molecule has 7 heteroatoms. The maximum atomic E-state index is 14.1. The smallest absolute Gasteiger partial charge is 0.191 e. The Kier molecular flexibility index (Phi) is 7.02. The quantitative estimate of drug-likeness (QED) is 0.384. The van der Waals surface area contributed by atoms with Crippen LogP contribution in [-0.2, 0) is 11.8 Å². The molecule has 0 spiro atoms. The highest BCUT2D eigenvalue weighted by Gasteiger charge is 2.45. The van der Waals surface area contributed by atoms with Crippen molar-refractivity contribution in [1.29, 1.82) is 0 Å². The number of hydrogen-bond acceptors (Lipinski definition) is 3. The summed E-state index contributed by atoms with van der Waals surface area (Å²) in [6.45, 7) is 5.28. The Hall–Kier alpha value is -1.64. The van der Waals surface area contributed by atoms with E-state index in [0.29, 0.717) is 6.54 Å². The standard InChI is InChI=1S/C19H25FN4O.HI/c1-13-15(14(2)25-24-13)8-11-22-18(21-3)23-12-19(9-10-19)16-6-4-5-7-17(16)20;/h4-7H,8-12H2,1-3H3,(H2,21,22,23);1H. The van der Waals surface area contributed by atoms with Crippen LogP contribution in [0.4, 0.5) is 4.39 Å². The third kappa shape index (κ3) is 4.55. The summed E-state index contributed by atoms with van der Waals surface area (Å²) in [5, 5.41) is 10.6. The molecule has 1 aliphatic rings. The monoisotopic (exact) mass is 472 g/mol. The van der Waals surface area contributed by atoms with Crippen molar-refractivity contribution in [3.8, 4) is 0 Å². The van der Waals surface area contributed by atoms with Crippen LogP contribution in [0, 0.1) is 19.7 Å². The second-order valence-corrected chi connectivity index (χ2v) is 6.67. The summed E-state index contributed by atoms with van der Waals surface area (Å²) in [4.78, 5) is 4.26. The molecule has 0 atom stereocenters. The molecule has 0 bridgehead atoms. The Balaban J connectivity index is 0.00000243. The number of guanidine groups is 1. The van der Waals surface area contributed by atoms with Crippen LogP contribution in [0.5, 0.6) is 0 Å². The minimum atomic E-state index is -0.122. The summed E-state index contributed by atoms with van der Waals surface area (Å²) in [6, 6.07) is 7.05. The number of nitrogens with zero attached hydrogens (tertiary/aromatic N) is 2. The van der Waals surface area contributed by atoms with E-state index in [0.717, 1.165) is 54.3 Å². The van der Waals surface area contributed by atoms with E-state index in [1.807, 2.05) is 26.0 Å². The van der Waals surface area contributed by atoms with Gasteiger partial charge in [-0.15, -0.1) is 24.0 Å². The zero-order valence-electron chi connectivity index (χ0n) is 15.4. The molecule has 1 saturated carbocycles. The van der Waals surface area contributed by atoms with Gasteiger partial charge in [0.25, 0.3) is 0 Å². The number of aromatic nitrogens is 1. The molecule has 142 valence electrons. The van der Waals surface area contributed by atoms with Gasteiger partial charge in [-0.25, -0.2) is 4.39 Å². The fourth-order valence-electron chi connectivity index (χ4n) is 3.22. The van der Waals surface area contributed by atoms with Gasteiger partial charge in [-0.05, 0) is 44.7 Å². The number of hydrogen-bond donors (Lipinski definition) is 2. The van der Waals surface area contributed by atoms with Crippen LogP contribution in [0.1, 0.15) is 35.4 Å². The molecule has 0 radical (unpaired) electrons. The van der Waals surface area contributed by atoms with Gasteiger partial charge >= 0.3 is 0 Å². The van der Waals surface area contributed by atoms with E-state index < -0.39 is 0 Å². The Labute approximate surface area is 170 Å². The maximum absolute atomic E-state index is 14.1. The average molecular weight is 472 g/mol. The first kappa shape index (κ1) is 20.7. The predicted molar refractivity (Wildman–Crippen MR) is 112 cm³/mol. The van der Waals surface area contributed by atoms with Crippen LogP contribution < -0.4 is 10.6 Å². The molecular weight excluding hydrogens is 446 g/mol. The van der Waals surface area contributed by atoms with Gasteiger partial charge in [-0.3, -0.25) is 4.99 Å². The highest BCUT2D eigenvalue weighted by atomic mass is 127. The van der Waals surface area contributed by atoms with E-state index >= 15 is 0 Å². The molecule has 2 N–H and O–H groups in total. The molecular formula is C19H26FIN4O. The largest absolute Gasteiger partial charge is 0.361 e. The van der Waals surface area contributed by atoms with E-state index in [-0.39, 0.29) is 35.2 Å². The fourth-order valence-corrected chi connectivity index (χ4v) is 3.22. The van der Waals surface area contributed by atoms with Crippen molar-refractivity contribution in [1.82, 2.24) is 15.8 Å². The first-order valence-corrected chi connectivity index (χ1v) is 8.67. The van der Waals surface area contributed by atoms with Crippen molar-refractivity contribution in [2.24, 2.45) is 4.99 Å². The van der Waals surface area contributed by atoms with Gasteiger partial charge in [0, 0.05) is 31.1 Å². The number of rotatable bonds is 6. The van der Waals surface area contributed by atoms with Crippen molar-refractivity contribution in [2.45, 2.75) is 38.5 Å². The first-order valence-electron chi connectivity index (χ1n) is 8.67. The van der Waals surface area contributed by atoms with Gasteiger partial charge in [-0.1, -0.05) is 23.4 Å². The lowest BCUT2D eigenvalue weighted by Gasteiger charge is -2.19. The van der Waals surface area contributed by atoms with Crippen molar-refractivity contribution in [3.63, 3.8) is 0 Å². The SMILES string of the molecule is CN=C(NCCc1c(C)noc1C)NCC1(c2ccccc2F)CC1.I. The molecule has 1 aliphatic carbocycles. The molecule has 1 heterocycles. The van der Waals surface area contributed by atoms with E-state index in [9.17, 15) is 4.39 Å². The summed E-state index contributed by atoms with van der Waals surface area (Å²) in [5.74, 6) is 1.47. The van der Waals surface area contributed by atoms with Crippen LogP contribution >= 0.6 is 24.0 Å². The lowest BCUT2D eigenvalue weighted by molar-refractivity contribution is 0.392. The van der Waals surface area contributed by atoms with E-state index in [1.54, 1.807) is 13.1 Å². The lowest BCUT2D eigenvalue weighted by atomic mass is 9.95. The van der Waals surface area contributed by atoms with Crippen molar-refractivity contribution >= 4 is 29.9 Å². The number of halogens is 2. The topological polar surface area (TPSA) is 62.5 Å². The van der Waals surface area contributed by atoms with Gasteiger partial charge in [0.2, 0.25) is 0 Å². The summed E-state index contributed by atoms with van der Waals surface area (Å²) in [6.07, 6.45) is 2.81. The molecule has 1 aromatic heterocycles. The van der Waals surface area contributed by atoms with E-state index in [4.69, 9.17) is 4.52 Å². The maximum Gasteiger partial charge on any atom is 0.191 e. The molecule has 0 unspecified atom stereocenters. The lowest BCUT2D eigenvalue weighted by Crippen LogP contribution is -2.42. The Morgan fingerprint density at radius 2 is 2.00 bits per heavy atom. The third-order valence-electron chi connectivity index (χ3n) is 4.97. The average Bonchev–Trinajstić information content (AvgIpc) is 3.33. The van der Waals surface area contributed by atoms with Gasteiger partial charge < -0.3 is 15.2 Å². The number of nitrogens with one attached hydrogen (secondary N) is 2. The summed E-state index contributed by atoms with van der Waals surface area (Å²) >= 11 is 0. The normalized spacial score (nSPS) is 15.3. The summed E-state index contributed by atoms with van der Waals surface area (Å²) in [7, 11) is 1.74. The van der Waals surface area contributed by atoms with Crippen LogP contribution in [0.2, 0.25) is 0 Å². The van der Waals surface area contributed by atoms with E-state index in [1.165, 1.54) is 6.07 Å². The van der Waals surface area contributed by atoms with Crippen molar-refractivity contribution < 1.29 is 8.91 Å². The Morgan fingerprint density at radius 3 is 2.58 bits per heavy atom. The second kappa shape index (κ2) is 8.83. The molecule has 26 heavy (non-hydrogen) atoms. The summed E-state index contributed by atoms with van der Waals surface area (Å²) in [5.41, 5.74) is 2.75. The van der Waals surface area contributed by atoms with Gasteiger partial charge in [0.15, 0.2) is 5.96 Å². The third-order valence-corrected chi connectivity index (χ3v) is 4.97. The molecule has 0 aliphatic heterocycles. The van der Waals surface area contributed by atoms with Crippen LogP contribution in [-0.4, -0.2) is 31.3 Å². The minimum Gasteiger partial charge on any atom is -0.361 e. The van der Waals surface area contributed by atoms with Crippen molar-refractivity contribution in [3.05, 3.63) is 52.7 Å². The van der Waals surface area contributed by atoms with Gasteiger partial charge in [0.1, 0.15) is 11.6 Å². The number of aryl methyl sites for hydroxylation is 2. The first-order chi connectivity index (χ1) is 12.1. The zero-order valence-corrected chi connectivity index (χ0v) is 17.8. The molecule has 1 fully saturated rings. The van der Waals surface area contributed by atoms with Crippen LogP contribution in [0.3, 0.4) is 0 Å². The number of benzene rings is 1. The Bertz CT molecular complexity index is 751. The molecule has 1 aromatic carbocycles. The van der Waals surface area contributed by atoms with Gasteiger partial charge in [-0.2, -0.15) is 0 Å². The highest BCUT2D eigenvalue weighted by Crippen LogP contribution is 2.48.